The molecule has 13 heavy (non-hydrogen) atoms. The van der Waals surface area contributed by atoms with Crippen molar-refractivity contribution in [1.82, 2.24) is 0 Å². The van der Waals surface area contributed by atoms with Crippen molar-refractivity contribution >= 4 is 0 Å². The fourth-order valence-corrected chi connectivity index (χ4v) is 3.10. The van der Waals surface area contributed by atoms with Crippen LogP contribution < -0.4 is 0 Å². The summed E-state index contributed by atoms with van der Waals surface area (Å²) >= 11 is 0. The van der Waals surface area contributed by atoms with Crippen LogP contribution in [0.25, 0.3) is 0 Å². The van der Waals surface area contributed by atoms with Crippen LogP contribution in [0, 0.1) is 29.6 Å². The highest BCUT2D eigenvalue weighted by Gasteiger charge is 2.35. The Labute approximate surface area is 81.7 Å². The topological polar surface area (TPSA) is 0 Å². The van der Waals surface area contributed by atoms with Gasteiger partial charge in [0.2, 0.25) is 0 Å². The van der Waals surface area contributed by atoms with Crippen molar-refractivity contribution in [1.29, 1.82) is 0 Å². The summed E-state index contributed by atoms with van der Waals surface area (Å²) in [5.74, 6) is 4.23. The van der Waals surface area contributed by atoms with Crippen LogP contribution in [-0.2, 0) is 0 Å². The summed E-state index contributed by atoms with van der Waals surface area (Å²) in [7, 11) is 0. The Morgan fingerprint density at radius 2 is 2.00 bits per heavy atom. The van der Waals surface area contributed by atoms with Crippen LogP contribution in [0.1, 0.15) is 33.6 Å². The third-order valence-electron chi connectivity index (χ3n) is 3.88. The van der Waals surface area contributed by atoms with Crippen LogP contribution in [-0.4, -0.2) is 0 Å². The standard InChI is InChI=1S/C13H20/c1-9(2)13-8-11-5-4-6-12(13)10(3)7-11/h5-6,9-13H,7-8H2,1-3H3. The average Bonchev–Trinajstić information content (AvgIpc) is 2.35. The largest absolute Gasteiger partial charge is 0.129 e. The van der Waals surface area contributed by atoms with E-state index in [1.165, 1.54) is 12.8 Å². The lowest BCUT2D eigenvalue weighted by Crippen LogP contribution is -2.31. The summed E-state index contributed by atoms with van der Waals surface area (Å²) in [6.07, 6.45) is 7.43. The lowest BCUT2D eigenvalue weighted by molar-refractivity contribution is 0.136. The van der Waals surface area contributed by atoms with Crippen molar-refractivity contribution in [2.75, 3.05) is 0 Å². The number of hydrogen-bond acceptors (Lipinski definition) is 0. The first kappa shape index (κ1) is 9.09. The molecule has 0 nitrogen and oxygen atoms in total. The molecule has 4 unspecified atom stereocenters. The fourth-order valence-electron chi connectivity index (χ4n) is 3.10. The molecule has 0 N–H and O–H groups in total. The second-order valence-corrected chi connectivity index (χ2v) is 5.19. The van der Waals surface area contributed by atoms with Crippen LogP contribution in [0.15, 0.2) is 17.9 Å². The van der Waals surface area contributed by atoms with Crippen molar-refractivity contribution in [3.05, 3.63) is 17.9 Å². The normalized spacial score (nSPS) is 42.8. The summed E-state index contributed by atoms with van der Waals surface area (Å²) in [5, 5.41) is 0. The molecule has 0 aromatic rings. The van der Waals surface area contributed by atoms with E-state index in [-0.39, 0.29) is 0 Å². The van der Waals surface area contributed by atoms with Crippen molar-refractivity contribution in [3.8, 4) is 0 Å². The van der Waals surface area contributed by atoms with E-state index in [4.69, 9.17) is 0 Å². The van der Waals surface area contributed by atoms with E-state index >= 15 is 0 Å². The zero-order valence-corrected chi connectivity index (χ0v) is 8.96. The molecule has 0 radical (unpaired) electrons. The molecule has 1 fully saturated rings. The van der Waals surface area contributed by atoms with Gasteiger partial charge in [0.25, 0.3) is 0 Å². The van der Waals surface area contributed by atoms with E-state index in [1.54, 1.807) is 0 Å². The highest BCUT2D eigenvalue weighted by atomic mass is 14.4. The highest BCUT2D eigenvalue weighted by Crippen LogP contribution is 2.44. The first-order valence-electron chi connectivity index (χ1n) is 5.61. The van der Waals surface area contributed by atoms with Gasteiger partial charge in [0.1, 0.15) is 0 Å². The number of allylic oxidation sites excluding steroid dienone is 1. The Morgan fingerprint density at radius 3 is 2.69 bits per heavy atom. The summed E-state index contributed by atoms with van der Waals surface area (Å²) in [6.45, 7) is 7.14. The Bertz CT molecular complexity index is 243. The van der Waals surface area contributed by atoms with Crippen molar-refractivity contribution in [2.45, 2.75) is 33.6 Å². The molecular weight excluding hydrogens is 156 g/mol. The third kappa shape index (κ3) is 1.60. The van der Waals surface area contributed by atoms with E-state index < -0.39 is 0 Å². The second kappa shape index (κ2) is 3.35. The van der Waals surface area contributed by atoms with Gasteiger partial charge in [0.05, 0.1) is 0 Å². The van der Waals surface area contributed by atoms with E-state index in [9.17, 15) is 0 Å². The first-order chi connectivity index (χ1) is 6.18. The van der Waals surface area contributed by atoms with E-state index in [0.29, 0.717) is 0 Å². The van der Waals surface area contributed by atoms with Gasteiger partial charge in [-0.15, -0.1) is 5.73 Å². The zero-order chi connectivity index (χ0) is 9.42. The second-order valence-electron chi connectivity index (χ2n) is 5.19. The molecule has 2 bridgehead atoms. The molecule has 72 valence electrons. The van der Waals surface area contributed by atoms with Crippen LogP contribution in [0.4, 0.5) is 0 Å². The molecule has 0 saturated heterocycles. The average molecular weight is 176 g/mol. The minimum atomic E-state index is 0.801. The Hall–Kier alpha value is -0.480. The van der Waals surface area contributed by atoms with Crippen molar-refractivity contribution < 1.29 is 0 Å². The van der Waals surface area contributed by atoms with E-state index in [0.717, 1.165) is 29.6 Å². The van der Waals surface area contributed by atoms with Gasteiger partial charge < -0.3 is 0 Å². The maximum atomic E-state index is 3.37. The van der Waals surface area contributed by atoms with Gasteiger partial charge in [-0.3, -0.25) is 0 Å². The molecule has 0 aliphatic heterocycles. The van der Waals surface area contributed by atoms with Gasteiger partial charge in [0.15, 0.2) is 0 Å². The predicted octanol–water partition coefficient (Wildman–Crippen LogP) is 3.65. The Morgan fingerprint density at radius 1 is 1.23 bits per heavy atom. The summed E-state index contributed by atoms with van der Waals surface area (Å²) in [5.41, 5.74) is 3.37. The van der Waals surface area contributed by atoms with Gasteiger partial charge in [-0.25, -0.2) is 0 Å². The van der Waals surface area contributed by atoms with Crippen LogP contribution in [0.5, 0.6) is 0 Å². The van der Waals surface area contributed by atoms with Crippen LogP contribution >= 0.6 is 0 Å². The van der Waals surface area contributed by atoms with Crippen molar-refractivity contribution in [2.24, 2.45) is 29.6 Å². The third-order valence-corrected chi connectivity index (χ3v) is 3.88. The fraction of sp³-hybridized carbons (Fsp3) is 0.769. The summed E-state index contributed by atoms with van der Waals surface area (Å²) in [6, 6.07) is 0. The monoisotopic (exact) mass is 176 g/mol. The van der Waals surface area contributed by atoms with Gasteiger partial charge in [0, 0.05) is 0 Å². The van der Waals surface area contributed by atoms with Gasteiger partial charge in [-0.2, -0.15) is 0 Å². The first-order valence-corrected chi connectivity index (χ1v) is 5.61. The van der Waals surface area contributed by atoms with Gasteiger partial charge >= 0.3 is 0 Å². The predicted molar refractivity (Wildman–Crippen MR) is 56.4 cm³/mol. The highest BCUT2D eigenvalue weighted by molar-refractivity contribution is 5.06. The minimum absolute atomic E-state index is 0.801. The number of fused-ring (bicyclic) bond motifs is 2. The molecule has 0 aromatic heterocycles. The molecule has 1 saturated carbocycles. The quantitative estimate of drug-likeness (QED) is 0.535. The van der Waals surface area contributed by atoms with Crippen molar-refractivity contribution in [3.63, 3.8) is 0 Å². The number of rotatable bonds is 1. The SMILES string of the molecule is CC(C)C1CC2C=C=CC1C(C)C2. The van der Waals surface area contributed by atoms with Gasteiger partial charge in [-0.1, -0.05) is 20.8 Å². The molecule has 0 heteroatoms. The lowest BCUT2D eigenvalue weighted by Gasteiger charge is -2.38. The Kier molecular flexibility index (Phi) is 2.34. The maximum Gasteiger partial charge on any atom is -0.0101 e. The maximum absolute atomic E-state index is 3.37. The molecule has 3 aliphatic carbocycles. The zero-order valence-electron chi connectivity index (χ0n) is 8.96. The van der Waals surface area contributed by atoms with Crippen LogP contribution in [0.2, 0.25) is 0 Å². The Balaban J connectivity index is 2.24. The number of hydrogen-bond donors (Lipinski definition) is 0. The molecular formula is C13H20. The molecule has 0 amide bonds. The van der Waals surface area contributed by atoms with Gasteiger partial charge in [-0.05, 0) is 54.6 Å². The molecule has 4 atom stereocenters. The molecule has 0 heterocycles. The summed E-state index contributed by atoms with van der Waals surface area (Å²) in [4.78, 5) is 0. The van der Waals surface area contributed by atoms with E-state index in [1.807, 2.05) is 0 Å². The minimum Gasteiger partial charge on any atom is -0.129 e. The molecule has 0 aromatic carbocycles. The molecule has 3 aliphatic rings. The lowest BCUT2D eigenvalue weighted by atomic mass is 9.66. The van der Waals surface area contributed by atoms with E-state index in [2.05, 4.69) is 38.7 Å². The molecule has 0 spiro atoms. The summed E-state index contributed by atoms with van der Waals surface area (Å²) < 4.78 is 0. The smallest absolute Gasteiger partial charge is 0.0101 e. The van der Waals surface area contributed by atoms with Crippen LogP contribution in [0.3, 0.4) is 0 Å². The molecule has 3 rings (SSSR count).